The van der Waals surface area contributed by atoms with Crippen LogP contribution < -0.4 is 0 Å². The fourth-order valence-corrected chi connectivity index (χ4v) is 2.44. The summed E-state index contributed by atoms with van der Waals surface area (Å²) in [5.74, 6) is -0.285. The first-order valence-electron chi connectivity index (χ1n) is 6.63. The van der Waals surface area contributed by atoms with Crippen molar-refractivity contribution in [3.8, 4) is 0 Å². The lowest BCUT2D eigenvalue weighted by atomic mass is 9.97. The highest BCUT2D eigenvalue weighted by Gasteiger charge is 2.40. The van der Waals surface area contributed by atoms with Crippen molar-refractivity contribution in [2.45, 2.75) is 43.7 Å². The Hall–Kier alpha value is -1.60. The molecule has 1 unspecified atom stereocenters. The van der Waals surface area contributed by atoms with Gasteiger partial charge in [-0.05, 0) is 25.7 Å². The number of carbonyl (C=O) groups excluding carboxylic acids is 1. The Morgan fingerprint density at radius 2 is 2.05 bits per heavy atom. The van der Waals surface area contributed by atoms with Crippen LogP contribution in [0.1, 0.15) is 49.2 Å². The summed E-state index contributed by atoms with van der Waals surface area (Å²) in [5.41, 5.74) is 0. The zero-order valence-electron chi connectivity index (χ0n) is 10.7. The molecule has 110 valence electrons. The van der Waals surface area contributed by atoms with Gasteiger partial charge in [-0.3, -0.25) is 4.79 Å². The molecule has 0 bridgehead atoms. The molecule has 0 aromatic carbocycles. The van der Waals surface area contributed by atoms with E-state index < -0.39 is 24.5 Å². The van der Waals surface area contributed by atoms with E-state index in [-0.39, 0.29) is 18.4 Å². The quantitative estimate of drug-likeness (QED) is 0.856. The van der Waals surface area contributed by atoms with Gasteiger partial charge in [0.25, 0.3) is 0 Å². The number of hydrogen-bond acceptors (Lipinski definition) is 4. The van der Waals surface area contributed by atoms with Crippen LogP contribution in [-0.4, -0.2) is 40.2 Å². The number of amides is 1. The SMILES string of the molecule is O=C1C(c2nc(C3CC3)no2)CCCN1CC(F)(F)F. The number of likely N-dealkylation sites (tertiary alicyclic amines) is 1. The average Bonchev–Trinajstić information content (AvgIpc) is 3.09. The van der Waals surface area contributed by atoms with Crippen molar-refractivity contribution >= 4 is 5.91 Å². The van der Waals surface area contributed by atoms with Crippen LogP contribution in [0.5, 0.6) is 0 Å². The summed E-state index contributed by atoms with van der Waals surface area (Å²) in [4.78, 5) is 17.1. The number of alkyl halides is 3. The summed E-state index contributed by atoms with van der Waals surface area (Å²) < 4.78 is 42.3. The van der Waals surface area contributed by atoms with Gasteiger partial charge in [0, 0.05) is 12.5 Å². The summed E-state index contributed by atoms with van der Waals surface area (Å²) in [6, 6.07) is 0. The van der Waals surface area contributed by atoms with Crippen molar-refractivity contribution in [1.82, 2.24) is 15.0 Å². The number of rotatable bonds is 3. The summed E-state index contributed by atoms with van der Waals surface area (Å²) in [6.45, 7) is -1.09. The normalized spacial score (nSPS) is 24.2. The smallest absolute Gasteiger partial charge is 0.338 e. The van der Waals surface area contributed by atoms with Crippen LogP contribution in [0.4, 0.5) is 13.2 Å². The van der Waals surface area contributed by atoms with Crippen LogP contribution in [0.15, 0.2) is 4.52 Å². The van der Waals surface area contributed by atoms with Crippen LogP contribution in [0.25, 0.3) is 0 Å². The number of halogens is 3. The second kappa shape index (κ2) is 4.75. The predicted molar refractivity (Wildman–Crippen MR) is 60.9 cm³/mol. The number of hydrogen-bond donors (Lipinski definition) is 0. The fraction of sp³-hybridized carbons (Fsp3) is 0.750. The first-order chi connectivity index (χ1) is 9.44. The summed E-state index contributed by atoms with van der Waals surface area (Å²) in [6.07, 6.45) is -1.42. The Balaban J connectivity index is 1.73. The summed E-state index contributed by atoms with van der Waals surface area (Å²) >= 11 is 0. The predicted octanol–water partition coefficient (Wildman–Crippen LogP) is 2.22. The van der Waals surface area contributed by atoms with Crippen LogP contribution >= 0.6 is 0 Å². The molecular weight excluding hydrogens is 275 g/mol. The highest BCUT2D eigenvalue weighted by molar-refractivity contribution is 5.83. The van der Waals surface area contributed by atoms with Crippen molar-refractivity contribution in [2.24, 2.45) is 0 Å². The maximum Gasteiger partial charge on any atom is 0.406 e. The van der Waals surface area contributed by atoms with Crippen LogP contribution in [0.3, 0.4) is 0 Å². The van der Waals surface area contributed by atoms with E-state index in [1.807, 2.05) is 0 Å². The molecule has 2 heterocycles. The van der Waals surface area contributed by atoms with Crippen molar-refractivity contribution < 1.29 is 22.5 Å². The lowest BCUT2D eigenvalue weighted by Crippen LogP contribution is -2.45. The molecule has 2 fully saturated rings. The largest absolute Gasteiger partial charge is 0.406 e. The molecule has 0 radical (unpaired) electrons. The molecule has 3 rings (SSSR count). The van der Waals surface area contributed by atoms with Crippen molar-refractivity contribution in [2.75, 3.05) is 13.1 Å². The Morgan fingerprint density at radius 3 is 2.70 bits per heavy atom. The van der Waals surface area contributed by atoms with Crippen LogP contribution in [-0.2, 0) is 4.79 Å². The van der Waals surface area contributed by atoms with Gasteiger partial charge in [0.1, 0.15) is 12.5 Å². The Labute approximate surface area is 113 Å². The van der Waals surface area contributed by atoms with E-state index in [0.717, 1.165) is 17.7 Å². The third kappa shape index (κ3) is 2.78. The average molecular weight is 289 g/mol. The van der Waals surface area contributed by atoms with Crippen molar-refractivity contribution in [3.63, 3.8) is 0 Å². The lowest BCUT2D eigenvalue weighted by Gasteiger charge is -2.31. The first kappa shape index (κ1) is 13.4. The zero-order chi connectivity index (χ0) is 14.3. The molecular formula is C12H14F3N3O2. The van der Waals surface area contributed by atoms with E-state index in [1.165, 1.54) is 0 Å². The highest BCUT2D eigenvalue weighted by atomic mass is 19.4. The van der Waals surface area contributed by atoms with Gasteiger partial charge >= 0.3 is 6.18 Å². The molecule has 0 spiro atoms. The molecule has 1 saturated carbocycles. The molecule has 1 aliphatic heterocycles. The topological polar surface area (TPSA) is 59.2 Å². The van der Waals surface area contributed by atoms with Gasteiger partial charge in [0.15, 0.2) is 5.82 Å². The van der Waals surface area contributed by atoms with E-state index >= 15 is 0 Å². The van der Waals surface area contributed by atoms with E-state index in [2.05, 4.69) is 10.1 Å². The monoisotopic (exact) mass is 289 g/mol. The van der Waals surface area contributed by atoms with E-state index in [1.54, 1.807) is 0 Å². The number of piperidine rings is 1. The van der Waals surface area contributed by atoms with E-state index in [4.69, 9.17) is 4.52 Å². The van der Waals surface area contributed by atoms with Gasteiger partial charge in [-0.15, -0.1) is 0 Å². The summed E-state index contributed by atoms with van der Waals surface area (Å²) in [7, 11) is 0. The molecule has 1 aromatic rings. The maximum atomic E-state index is 12.4. The molecule has 1 saturated heterocycles. The minimum Gasteiger partial charge on any atom is -0.338 e. The Morgan fingerprint density at radius 1 is 1.30 bits per heavy atom. The van der Waals surface area contributed by atoms with Gasteiger partial charge in [-0.2, -0.15) is 18.2 Å². The Kier molecular flexibility index (Phi) is 3.18. The molecule has 1 aromatic heterocycles. The third-order valence-electron chi connectivity index (χ3n) is 3.60. The number of carbonyl (C=O) groups is 1. The van der Waals surface area contributed by atoms with Gasteiger partial charge in [-0.1, -0.05) is 5.16 Å². The van der Waals surface area contributed by atoms with Gasteiger partial charge < -0.3 is 9.42 Å². The summed E-state index contributed by atoms with van der Waals surface area (Å²) in [5, 5.41) is 3.81. The fourth-order valence-electron chi connectivity index (χ4n) is 2.44. The van der Waals surface area contributed by atoms with Crippen LogP contribution in [0.2, 0.25) is 0 Å². The highest BCUT2D eigenvalue weighted by Crippen LogP contribution is 2.39. The standard InChI is InChI=1S/C12H14F3N3O2/c13-12(14,15)6-18-5-1-2-8(11(18)19)10-16-9(17-20-10)7-3-4-7/h7-8H,1-6H2. The molecule has 1 amide bonds. The second-order valence-corrected chi connectivity index (χ2v) is 5.33. The maximum absolute atomic E-state index is 12.4. The molecule has 2 aliphatic rings. The van der Waals surface area contributed by atoms with Gasteiger partial charge in [0.05, 0.1) is 0 Å². The molecule has 1 aliphatic carbocycles. The lowest BCUT2D eigenvalue weighted by molar-refractivity contribution is -0.165. The van der Waals surface area contributed by atoms with Gasteiger partial charge in [0.2, 0.25) is 11.8 Å². The Bertz CT molecular complexity index is 510. The number of aromatic nitrogens is 2. The third-order valence-corrected chi connectivity index (χ3v) is 3.60. The van der Waals surface area contributed by atoms with E-state index in [9.17, 15) is 18.0 Å². The van der Waals surface area contributed by atoms with Gasteiger partial charge in [-0.25, -0.2) is 0 Å². The molecule has 0 N–H and O–H groups in total. The molecule has 5 nitrogen and oxygen atoms in total. The second-order valence-electron chi connectivity index (χ2n) is 5.33. The zero-order valence-corrected chi connectivity index (χ0v) is 10.7. The van der Waals surface area contributed by atoms with Crippen molar-refractivity contribution in [1.29, 1.82) is 0 Å². The molecule has 1 atom stereocenters. The first-order valence-corrected chi connectivity index (χ1v) is 6.63. The number of nitrogens with zero attached hydrogens (tertiary/aromatic N) is 3. The molecule has 8 heteroatoms. The minimum absolute atomic E-state index is 0.123. The molecule has 20 heavy (non-hydrogen) atoms. The van der Waals surface area contributed by atoms with Crippen LogP contribution in [0, 0.1) is 0 Å². The van der Waals surface area contributed by atoms with Crippen molar-refractivity contribution in [3.05, 3.63) is 11.7 Å². The van der Waals surface area contributed by atoms with E-state index in [0.29, 0.717) is 18.7 Å². The minimum atomic E-state index is -4.38.